The minimum Gasteiger partial charge on any atom is -0.466 e. The quantitative estimate of drug-likeness (QED) is 0.397. The highest BCUT2D eigenvalue weighted by Crippen LogP contribution is 2.30. The third kappa shape index (κ3) is 8.70. The Morgan fingerprint density at radius 3 is 1.88 bits per heavy atom. The molecule has 0 aromatic rings. The lowest BCUT2D eigenvalue weighted by molar-refractivity contribution is -0.155. The van der Waals surface area contributed by atoms with E-state index in [9.17, 15) is 9.59 Å². The van der Waals surface area contributed by atoms with E-state index in [1.807, 2.05) is 6.92 Å². The predicted molar refractivity (Wildman–Crippen MR) is 95.6 cm³/mol. The molecule has 1 aliphatic carbocycles. The van der Waals surface area contributed by atoms with Crippen LogP contribution in [0.1, 0.15) is 85.0 Å². The number of hydrogen-bond donors (Lipinski definition) is 0. The molecule has 0 N–H and O–H groups in total. The Kier molecular flexibility index (Phi) is 10.8. The molecule has 0 unspecified atom stereocenters. The minimum absolute atomic E-state index is 0.0262. The van der Waals surface area contributed by atoms with Crippen molar-refractivity contribution >= 4 is 11.9 Å². The van der Waals surface area contributed by atoms with E-state index in [1.165, 1.54) is 25.7 Å². The summed E-state index contributed by atoms with van der Waals surface area (Å²) < 4.78 is 10.5. The van der Waals surface area contributed by atoms with E-state index >= 15 is 0 Å². The van der Waals surface area contributed by atoms with Gasteiger partial charge >= 0.3 is 11.9 Å². The van der Waals surface area contributed by atoms with Gasteiger partial charge in [-0.3, -0.25) is 9.59 Å². The van der Waals surface area contributed by atoms with Gasteiger partial charge in [0.05, 0.1) is 25.0 Å². The van der Waals surface area contributed by atoms with Gasteiger partial charge in [-0.25, -0.2) is 0 Å². The summed E-state index contributed by atoms with van der Waals surface area (Å²) in [6.07, 6.45) is 10.2. The molecule has 0 aromatic carbocycles. The molecule has 0 saturated heterocycles. The normalized spacial score (nSPS) is 20.8. The summed E-state index contributed by atoms with van der Waals surface area (Å²) >= 11 is 0. The average Bonchev–Trinajstić information content (AvgIpc) is 2.57. The highest BCUT2D eigenvalue weighted by molar-refractivity contribution is 5.75. The van der Waals surface area contributed by atoms with Gasteiger partial charge in [0.2, 0.25) is 0 Å². The minimum atomic E-state index is -0.109. The molecule has 0 bridgehead atoms. The van der Waals surface area contributed by atoms with E-state index in [0.29, 0.717) is 13.2 Å². The van der Waals surface area contributed by atoms with Gasteiger partial charge in [0.25, 0.3) is 0 Å². The van der Waals surface area contributed by atoms with Crippen LogP contribution >= 0.6 is 0 Å². The third-order valence-corrected chi connectivity index (χ3v) is 4.85. The largest absolute Gasteiger partial charge is 0.466 e. The van der Waals surface area contributed by atoms with Crippen LogP contribution in [0.25, 0.3) is 0 Å². The number of rotatable bonds is 11. The van der Waals surface area contributed by atoms with Gasteiger partial charge < -0.3 is 9.47 Å². The van der Waals surface area contributed by atoms with E-state index in [4.69, 9.17) is 9.47 Å². The molecule has 1 rings (SSSR count). The zero-order valence-corrected chi connectivity index (χ0v) is 15.9. The second kappa shape index (κ2) is 12.3. The van der Waals surface area contributed by atoms with Crippen LogP contribution < -0.4 is 0 Å². The lowest BCUT2D eigenvalue weighted by atomic mass is 9.82. The molecule has 1 aliphatic rings. The molecule has 0 amide bonds. The Bertz CT molecular complexity index is 357. The summed E-state index contributed by atoms with van der Waals surface area (Å²) in [5.74, 6) is 0.560. The summed E-state index contributed by atoms with van der Waals surface area (Å²) in [6.45, 7) is 7.32. The first-order valence-corrected chi connectivity index (χ1v) is 9.87. The van der Waals surface area contributed by atoms with Crippen molar-refractivity contribution in [3.8, 4) is 0 Å². The molecule has 0 atom stereocenters. The maximum Gasteiger partial charge on any atom is 0.308 e. The van der Waals surface area contributed by atoms with Crippen molar-refractivity contribution < 1.29 is 19.1 Å². The molecule has 0 aliphatic heterocycles. The molecule has 1 saturated carbocycles. The molecule has 0 radical (unpaired) electrons. The molecule has 4 heteroatoms. The average molecular weight is 341 g/mol. The van der Waals surface area contributed by atoms with Crippen LogP contribution in [-0.2, 0) is 19.1 Å². The van der Waals surface area contributed by atoms with Crippen molar-refractivity contribution in [2.75, 3.05) is 13.2 Å². The van der Waals surface area contributed by atoms with Gasteiger partial charge in [0.15, 0.2) is 0 Å². The Labute approximate surface area is 147 Å². The van der Waals surface area contributed by atoms with Gasteiger partial charge in [-0.15, -0.1) is 0 Å². The van der Waals surface area contributed by atoms with E-state index in [1.54, 1.807) is 0 Å². The van der Waals surface area contributed by atoms with Gasteiger partial charge in [0.1, 0.15) is 0 Å². The first-order valence-electron chi connectivity index (χ1n) is 9.87. The lowest BCUT2D eigenvalue weighted by Gasteiger charge is -2.25. The van der Waals surface area contributed by atoms with Crippen molar-refractivity contribution in [3.63, 3.8) is 0 Å². The van der Waals surface area contributed by atoms with Gasteiger partial charge in [-0.2, -0.15) is 0 Å². The summed E-state index contributed by atoms with van der Waals surface area (Å²) in [5.41, 5.74) is 0. The highest BCUT2D eigenvalue weighted by atomic mass is 16.5. The number of carbonyl (C=O) groups is 2. The molecule has 24 heavy (non-hydrogen) atoms. The monoisotopic (exact) mass is 340 g/mol. The summed E-state index contributed by atoms with van der Waals surface area (Å²) in [7, 11) is 0. The van der Waals surface area contributed by atoms with Crippen LogP contribution in [-0.4, -0.2) is 25.2 Å². The van der Waals surface area contributed by atoms with Crippen LogP contribution in [0.4, 0.5) is 0 Å². The van der Waals surface area contributed by atoms with Crippen LogP contribution in [0.5, 0.6) is 0 Å². The number of esters is 2. The molecular weight excluding hydrogens is 304 g/mol. The number of ether oxygens (including phenoxy) is 2. The van der Waals surface area contributed by atoms with E-state index in [-0.39, 0.29) is 23.8 Å². The molecule has 0 aromatic heterocycles. The topological polar surface area (TPSA) is 52.6 Å². The standard InChI is InChI=1S/C20H36O4/c1-4-23-19(21)17-11-13-18(14-12-17)20(22)24-15-9-7-5-6-8-10-16(2)3/h16-18H,4-15H2,1-3H3. The van der Waals surface area contributed by atoms with Crippen molar-refractivity contribution in [3.05, 3.63) is 0 Å². The first kappa shape index (κ1) is 21.0. The predicted octanol–water partition coefficient (Wildman–Crippen LogP) is 4.90. The van der Waals surface area contributed by atoms with Gasteiger partial charge in [-0.1, -0.05) is 46.0 Å². The van der Waals surface area contributed by atoms with Crippen LogP contribution in [0, 0.1) is 17.8 Å². The molecule has 140 valence electrons. The Balaban J connectivity index is 2.03. The van der Waals surface area contributed by atoms with Crippen molar-refractivity contribution in [2.24, 2.45) is 17.8 Å². The summed E-state index contributed by atoms with van der Waals surface area (Å²) in [6, 6.07) is 0. The molecule has 1 fully saturated rings. The summed E-state index contributed by atoms with van der Waals surface area (Å²) in [5, 5.41) is 0. The smallest absolute Gasteiger partial charge is 0.308 e. The Morgan fingerprint density at radius 1 is 0.833 bits per heavy atom. The van der Waals surface area contributed by atoms with Crippen LogP contribution in [0.3, 0.4) is 0 Å². The van der Waals surface area contributed by atoms with E-state index in [0.717, 1.165) is 44.4 Å². The fraction of sp³-hybridized carbons (Fsp3) is 0.900. The molecule has 4 nitrogen and oxygen atoms in total. The zero-order chi connectivity index (χ0) is 17.8. The fourth-order valence-electron chi connectivity index (χ4n) is 3.30. The van der Waals surface area contributed by atoms with Crippen LogP contribution in [0.15, 0.2) is 0 Å². The SMILES string of the molecule is CCOC(=O)C1CCC(C(=O)OCCCCCCCC(C)C)CC1. The zero-order valence-electron chi connectivity index (χ0n) is 15.9. The Hall–Kier alpha value is -1.06. The van der Waals surface area contributed by atoms with Crippen LogP contribution in [0.2, 0.25) is 0 Å². The lowest BCUT2D eigenvalue weighted by Crippen LogP contribution is -2.28. The second-order valence-corrected chi connectivity index (χ2v) is 7.42. The van der Waals surface area contributed by atoms with E-state index in [2.05, 4.69) is 13.8 Å². The number of carbonyl (C=O) groups excluding carboxylic acids is 2. The first-order chi connectivity index (χ1) is 11.5. The van der Waals surface area contributed by atoms with Crippen molar-refractivity contribution in [2.45, 2.75) is 85.0 Å². The number of hydrogen-bond acceptors (Lipinski definition) is 4. The highest BCUT2D eigenvalue weighted by Gasteiger charge is 2.31. The maximum atomic E-state index is 12.1. The molecular formula is C20H36O4. The van der Waals surface area contributed by atoms with Gasteiger partial charge in [0, 0.05) is 0 Å². The van der Waals surface area contributed by atoms with E-state index < -0.39 is 0 Å². The van der Waals surface area contributed by atoms with Crippen molar-refractivity contribution in [1.29, 1.82) is 0 Å². The third-order valence-electron chi connectivity index (χ3n) is 4.85. The molecule has 0 spiro atoms. The second-order valence-electron chi connectivity index (χ2n) is 7.42. The summed E-state index contributed by atoms with van der Waals surface area (Å²) in [4.78, 5) is 23.8. The fourth-order valence-corrected chi connectivity index (χ4v) is 3.30. The Morgan fingerprint density at radius 2 is 1.33 bits per heavy atom. The molecule has 0 heterocycles. The maximum absolute atomic E-state index is 12.1. The number of unbranched alkanes of at least 4 members (excludes halogenated alkanes) is 4. The van der Waals surface area contributed by atoms with Gasteiger partial charge in [-0.05, 0) is 44.9 Å². The van der Waals surface area contributed by atoms with Crippen molar-refractivity contribution in [1.82, 2.24) is 0 Å².